The highest BCUT2D eigenvalue weighted by atomic mass is 35.5. The summed E-state index contributed by atoms with van der Waals surface area (Å²) in [7, 11) is 0. The summed E-state index contributed by atoms with van der Waals surface area (Å²) in [5, 5.41) is 10.7. The first-order valence-corrected chi connectivity index (χ1v) is 10.5. The van der Waals surface area contributed by atoms with Crippen LogP contribution in [-0.2, 0) is 11.3 Å². The molecule has 0 aliphatic rings. The molecule has 0 saturated heterocycles. The molecule has 0 bridgehead atoms. The summed E-state index contributed by atoms with van der Waals surface area (Å²) in [4.78, 5) is 13.6. The summed E-state index contributed by atoms with van der Waals surface area (Å²) in [5.41, 5.74) is 2.07. The Morgan fingerprint density at radius 1 is 0.774 bits per heavy atom. The molecule has 5 nitrogen and oxygen atoms in total. The lowest BCUT2D eigenvalue weighted by Gasteiger charge is -2.06. The van der Waals surface area contributed by atoms with E-state index < -0.39 is 5.97 Å². The SMILES string of the molecule is O=C(Cn1nc(-c2ccc(Cl)cc2Cl)c(-c2ccc(Cl)cc2Cl)n1)Oc1ccccc1. The summed E-state index contributed by atoms with van der Waals surface area (Å²) >= 11 is 24.9. The predicted molar refractivity (Wildman–Crippen MR) is 123 cm³/mol. The van der Waals surface area contributed by atoms with Crippen molar-refractivity contribution < 1.29 is 9.53 Å². The second kappa shape index (κ2) is 9.28. The topological polar surface area (TPSA) is 57.0 Å². The quantitative estimate of drug-likeness (QED) is 0.226. The molecule has 0 radical (unpaired) electrons. The van der Waals surface area contributed by atoms with Crippen molar-refractivity contribution in [1.82, 2.24) is 15.0 Å². The van der Waals surface area contributed by atoms with Crippen LogP contribution in [0.4, 0.5) is 0 Å². The fraction of sp³-hybridized carbons (Fsp3) is 0.0455. The molecule has 0 unspecified atom stereocenters. The molecule has 0 aliphatic heterocycles. The highest BCUT2D eigenvalue weighted by Gasteiger charge is 2.21. The van der Waals surface area contributed by atoms with Gasteiger partial charge in [-0.05, 0) is 48.5 Å². The zero-order valence-corrected chi connectivity index (χ0v) is 18.8. The molecule has 4 rings (SSSR count). The number of ether oxygens (including phenoxy) is 1. The summed E-state index contributed by atoms with van der Waals surface area (Å²) in [6.07, 6.45) is 0. The van der Waals surface area contributed by atoms with Gasteiger partial charge in [-0.2, -0.15) is 15.0 Å². The number of carbonyl (C=O) groups is 1. The van der Waals surface area contributed by atoms with Gasteiger partial charge in [-0.25, -0.2) is 4.79 Å². The van der Waals surface area contributed by atoms with E-state index in [1.807, 2.05) is 6.07 Å². The van der Waals surface area contributed by atoms with Crippen molar-refractivity contribution in [3.8, 4) is 28.3 Å². The van der Waals surface area contributed by atoms with E-state index in [1.165, 1.54) is 4.80 Å². The Kier molecular flexibility index (Phi) is 6.49. The lowest BCUT2D eigenvalue weighted by atomic mass is 10.0. The van der Waals surface area contributed by atoms with E-state index in [4.69, 9.17) is 51.1 Å². The Hall–Kier alpha value is -2.57. The van der Waals surface area contributed by atoms with E-state index in [1.54, 1.807) is 60.7 Å². The van der Waals surface area contributed by atoms with Gasteiger partial charge < -0.3 is 4.74 Å². The van der Waals surface area contributed by atoms with Crippen LogP contribution in [0.3, 0.4) is 0 Å². The minimum Gasteiger partial charge on any atom is -0.425 e. The van der Waals surface area contributed by atoms with Crippen LogP contribution in [-0.4, -0.2) is 21.0 Å². The number of carbonyl (C=O) groups excluding carboxylic acids is 1. The Morgan fingerprint density at radius 3 is 1.77 bits per heavy atom. The molecule has 3 aromatic carbocycles. The van der Waals surface area contributed by atoms with Crippen LogP contribution >= 0.6 is 46.4 Å². The van der Waals surface area contributed by atoms with E-state index >= 15 is 0 Å². The molecule has 0 amide bonds. The number of hydrogen-bond acceptors (Lipinski definition) is 4. The standard InChI is InChI=1S/C22H13Cl4N3O2/c23-13-6-8-16(18(25)10-13)21-22(17-9-7-14(24)11-19(17)26)28-29(27-21)12-20(30)31-15-4-2-1-3-5-15/h1-11H,12H2. The number of para-hydroxylation sites is 1. The average Bonchev–Trinajstić information content (AvgIpc) is 3.11. The molecular weight excluding hydrogens is 480 g/mol. The van der Waals surface area contributed by atoms with Gasteiger partial charge in [0.15, 0.2) is 6.54 Å². The van der Waals surface area contributed by atoms with E-state index in [2.05, 4.69) is 10.2 Å². The number of aromatic nitrogens is 3. The average molecular weight is 493 g/mol. The number of nitrogens with zero attached hydrogens (tertiary/aromatic N) is 3. The molecule has 31 heavy (non-hydrogen) atoms. The maximum absolute atomic E-state index is 12.4. The van der Waals surface area contributed by atoms with Crippen LogP contribution in [0.2, 0.25) is 20.1 Å². The minimum atomic E-state index is -0.524. The van der Waals surface area contributed by atoms with Gasteiger partial charge in [0.2, 0.25) is 0 Å². The van der Waals surface area contributed by atoms with Gasteiger partial charge in [0.25, 0.3) is 0 Å². The Bertz CT molecular complexity index is 1190. The molecule has 0 saturated carbocycles. The molecule has 0 aliphatic carbocycles. The number of esters is 1. The van der Waals surface area contributed by atoms with E-state index in [0.29, 0.717) is 48.4 Å². The van der Waals surface area contributed by atoms with Crippen molar-refractivity contribution in [3.05, 3.63) is 86.8 Å². The van der Waals surface area contributed by atoms with Crippen LogP contribution in [0, 0.1) is 0 Å². The first kappa shape index (κ1) is 21.7. The zero-order chi connectivity index (χ0) is 22.0. The van der Waals surface area contributed by atoms with Crippen molar-refractivity contribution >= 4 is 52.4 Å². The number of halogens is 4. The molecule has 156 valence electrons. The lowest BCUT2D eigenvalue weighted by Crippen LogP contribution is -2.18. The Labute approximate surface area is 198 Å². The molecule has 9 heteroatoms. The van der Waals surface area contributed by atoms with Crippen LogP contribution in [0.15, 0.2) is 66.7 Å². The van der Waals surface area contributed by atoms with Crippen LogP contribution in [0.1, 0.15) is 0 Å². The predicted octanol–water partition coefficient (Wildman–Crippen LogP) is 6.83. The molecule has 0 fully saturated rings. The molecule has 1 heterocycles. The van der Waals surface area contributed by atoms with Gasteiger partial charge in [-0.1, -0.05) is 64.6 Å². The minimum absolute atomic E-state index is 0.210. The lowest BCUT2D eigenvalue weighted by molar-refractivity contribution is -0.135. The maximum Gasteiger partial charge on any atom is 0.335 e. The number of benzene rings is 3. The highest BCUT2D eigenvalue weighted by Crippen LogP contribution is 2.38. The molecule has 0 spiro atoms. The first-order chi connectivity index (χ1) is 14.9. The van der Waals surface area contributed by atoms with Gasteiger partial charge in [0.05, 0.1) is 10.0 Å². The maximum atomic E-state index is 12.4. The van der Waals surface area contributed by atoms with Crippen molar-refractivity contribution in [2.24, 2.45) is 0 Å². The monoisotopic (exact) mass is 491 g/mol. The zero-order valence-electron chi connectivity index (χ0n) is 15.7. The van der Waals surface area contributed by atoms with Gasteiger partial charge in [0.1, 0.15) is 17.1 Å². The molecular formula is C22H13Cl4N3O2. The highest BCUT2D eigenvalue weighted by molar-refractivity contribution is 6.37. The van der Waals surface area contributed by atoms with Crippen LogP contribution in [0.25, 0.3) is 22.5 Å². The third kappa shape index (κ3) is 5.02. The molecule has 0 atom stereocenters. The summed E-state index contributed by atoms with van der Waals surface area (Å²) < 4.78 is 5.33. The molecule has 1 aromatic heterocycles. The van der Waals surface area contributed by atoms with E-state index in [0.717, 1.165) is 0 Å². The fourth-order valence-corrected chi connectivity index (χ4v) is 3.91. The van der Waals surface area contributed by atoms with Crippen molar-refractivity contribution in [3.63, 3.8) is 0 Å². The van der Waals surface area contributed by atoms with Crippen molar-refractivity contribution in [2.75, 3.05) is 0 Å². The molecule has 4 aromatic rings. The number of rotatable bonds is 5. The van der Waals surface area contributed by atoms with Gasteiger partial charge >= 0.3 is 5.97 Å². The van der Waals surface area contributed by atoms with Crippen LogP contribution in [0.5, 0.6) is 5.75 Å². The third-order valence-corrected chi connectivity index (χ3v) is 5.37. The van der Waals surface area contributed by atoms with Crippen molar-refractivity contribution in [1.29, 1.82) is 0 Å². The smallest absolute Gasteiger partial charge is 0.335 e. The Morgan fingerprint density at radius 2 is 1.29 bits per heavy atom. The van der Waals surface area contributed by atoms with Gasteiger partial charge in [-0.3, -0.25) is 0 Å². The van der Waals surface area contributed by atoms with Crippen molar-refractivity contribution in [2.45, 2.75) is 6.54 Å². The fourth-order valence-electron chi connectivity index (χ4n) is 2.91. The molecule has 0 N–H and O–H groups in total. The van der Waals surface area contributed by atoms with E-state index in [9.17, 15) is 4.79 Å². The third-order valence-electron chi connectivity index (χ3n) is 4.27. The van der Waals surface area contributed by atoms with Crippen LogP contribution < -0.4 is 4.74 Å². The normalized spacial score (nSPS) is 10.8. The van der Waals surface area contributed by atoms with Gasteiger partial charge in [0, 0.05) is 21.2 Å². The first-order valence-electron chi connectivity index (χ1n) is 9.02. The van der Waals surface area contributed by atoms with E-state index in [-0.39, 0.29) is 6.54 Å². The summed E-state index contributed by atoms with van der Waals surface area (Å²) in [6, 6.07) is 18.8. The summed E-state index contributed by atoms with van der Waals surface area (Å²) in [6.45, 7) is -0.210. The second-order valence-corrected chi connectivity index (χ2v) is 8.15. The number of hydrogen-bond donors (Lipinski definition) is 0. The second-order valence-electron chi connectivity index (χ2n) is 6.46. The largest absolute Gasteiger partial charge is 0.425 e. The Balaban J connectivity index is 1.74. The summed E-state index contributed by atoms with van der Waals surface area (Å²) in [5.74, 6) is -0.0923. The van der Waals surface area contributed by atoms with Gasteiger partial charge in [-0.15, -0.1) is 0 Å².